The van der Waals surface area contributed by atoms with E-state index in [9.17, 15) is 18.0 Å². The Labute approximate surface area is 224 Å². The third-order valence-corrected chi connectivity index (χ3v) is 7.84. The Morgan fingerprint density at radius 2 is 2.00 bits per heavy atom. The molecule has 0 amide bonds. The maximum atomic E-state index is 14.1. The molecule has 6 rings (SSSR count). The van der Waals surface area contributed by atoms with Crippen molar-refractivity contribution in [1.29, 1.82) is 0 Å². The first kappa shape index (κ1) is 25.6. The molecule has 1 aliphatic carbocycles. The van der Waals surface area contributed by atoms with Gasteiger partial charge in [0, 0.05) is 50.2 Å². The van der Waals surface area contributed by atoms with Crippen LogP contribution in [0.5, 0.6) is 11.5 Å². The number of esters is 1. The highest BCUT2D eigenvalue weighted by atomic mass is 19.4. The maximum Gasteiger partial charge on any atom is 0.416 e. The minimum atomic E-state index is -4.46. The van der Waals surface area contributed by atoms with Gasteiger partial charge in [0.05, 0.1) is 25.7 Å². The van der Waals surface area contributed by atoms with Gasteiger partial charge in [-0.15, -0.1) is 0 Å². The largest absolute Gasteiger partial charge is 0.492 e. The molecule has 0 saturated heterocycles. The number of carbonyl (C=O) groups excluding carboxylic acids is 1. The Kier molecular flexibility index (Phi) is 6.43. The third-order valence-electron chi connectivity index (χ3n) is 7.84. The fraction of sp³-hybridized carbons (Fsp3) is 0.448. The van der Waals surface area contributed by atoms with Crippen molar-refractivity contribution >= 4 is 11.9 Å². The van der Waals surface area contributed by atoms with Crippen LogP contribution in [0.1, 0.15) is 66.0 Å². The molecule has 0 saturated carbocycles. The molecule has 3 heterocycles. The van der Waals surface area contributed by atoms with Gasteiger partial charge >= 0.3 is 12.1 Å². The molecule has 2 aromatic carbocycles. The van der Waals surface area contributed by atoms with E-state index in [4.69, 9.17) is 18.9 Å². The lowest BCUT2D eigenvalue weighted by Crippen LogP contribution is -2.30. The molecular weight excluding hydrogens is 513 g/mol. The number of halogens is 3. The summed E-state index contributed by atoms with van der Waals surface area (Å²) in [6.45, 7) is 2.89. The Bertz CT molecular complexity index is 1370. The van der Waals surface area contributed by atoms with Gasteiger partial charge in [0.1, 0.15) is 29.4 Å². The van der Waals surface area contributed by atoms with E-state index < -0.39 is 11.7 Å². The summed E-state index contributed by atoms with van der Waals surface area (Å²) >= 11 is 0. The lowest BCUT2D eigenvalue weighted by Gasteiger charge is -2.29. The Balaban J connectivity index is 1.25. The predicted molar refractivity (Wildman–Crippen MR) is 136 cm³/mol. The highest BCUT2D eigenvalue weighted by molar-refractivity contribution is 5.77. The normalized spacial score (nSPS) is 23.2. The monoisotopic (exact) mass is 542 g/mol. The highest BCUT2D eigenvalue weighted by Gasteiger charge is 2.39. The third kappa shape index (κ3) is 4.92. The second-order valence-electron chi connectivity index (χ2n) is 10.3. The second-order valence-corrected chi connectivity index (χ2v) is 10.3. The molecule has 3 atom stereocenters. The van der Waals surface area contributed by atoms with E-state index in [-0.39, 0.29) is 37.1 Å². The van der Waals surface area contributed by atoms with Gasteiger partial charge in [0.2, 0.25) is 0 Å². The fourth-order valence-electron chi connectivity index (χ4n) is 5.98. The molecular formula is C29H29F3N2O5. The summed E-state index contributed by atoms with van der Waals surface area (Å²) in [7, 11) is 1.36. The summed E-state index contributed by atoms with van der Waals surface area (Å²) < 4.78 is 64.8. The number of nitrogens with zero attached hydrogens (tertiary/aromatic N) is 2. The Morgan fingerprint density at radius 1 is 1.18 bits per heavy atom. The minimum absolute atomic E-state index is 0.0810. The van der Waals surface area contributed by atoms with Gasteiger partial charge in [0.25, 0.3) is 0 Å². The van der Waals surface area contributed by atoms with E-state index in [0.29, 0.717) is 60.9 Å². The molecule has 0 radical (unpaired) electrons. The van der Waals surface area contributed by atoms with Crippen LogP contribution in [-0.2, 0) is 33.4 Å². The number of rotatable bonds is 6. The summed E-state index contributed by atoms with van der Waals surface area (Å²) in [4.78, 5) is 18.0. The quantitative estimate of drug-likeness (QED) is 0.438. The lowest BCUT2D eigenvalue weighted by molar-refractivity contribution is -0.141. The zero-order valence-corrected chi connectivity index (χ0v) is 21.7. The van der Waals surface area contributed by atoms with Crippen LogP contribution in [0.3, 0.4) is 0 Å². The molecule has 0 fully saturated rings. The summed E-state index contributed by atoms with van der Waals surface area (Å²) in [5, 5.41) is 0. The van der Waals surface area contributed by atoms with Crippen LogP contribution in [0.2, 0.25) is 0 Å². The van der Waals surface area contributed by atoms with Crippen LogP contribution in [0.25, 0.3) is 0 Å². The average Bonchev–Trinajstić information content (AvgIpc) is 3.59. The van der Waals surface area contributed by atoms with Crippen LogP contribution in [0.4, 0.5) is 13.2 Å². The number of ether oxygens (including phenoxy) is 4. The molecule has 0 aromatic heterocycles. The SMILES string of the molecule is COC(=O)CC1COc2cc(O[C@H]3CCc4c3ccc(C(F)(F)F)c4CN3C=C4N=C(C)O[C@@H]4CC3)ccc21. The molecule has 0 bridgehead atoms. The van der Waals surface area contributed by atoms with Crippen molar-refractivity contribution in [2.45, 2.75) is 63.5 Å². The number of hydrogen-bond acceptors (Lipinski definition) is 7. The fourth-order valence-corrected chi connectivity index (χ4v) is 5.98. The van der Waals surface area contributed by atoms with Crippen molar-refractivity contribution < 1.29 is 36.9 Å². The minimum Gasteiger partial charge on any atom is -0.492 e. The number of methoxy groups -OCH3 is 1. The van der Waals surface area contributed by atoms with Crippen molar-refractivity contribution in [3.05, 3.63) is 70.0 Å². The van der Waals surface area contributed by atoms with E-state index in [1.54, 1.807) is 19.1 Å². The number of benzene rings is 2. The van der Waals surface area contributed by atoms with Gasteiger partial charge < -0.3 is 23.8 Å². The van der Waals surface area contributed by atoms with Crippen molar-refractivity contribution in [3.8, 4) is 11.5 Å². The molecule has 0 spiro atoms. The van der Waals surface area contributed by atoms with E-state index >= 15 is 0 Å². The Morgan fingerprint density at radius 3 is 2.79 bits per heavy atom. The summed E-state index contributed by atoms with van der Waals surface area (Å²) in [5.74, 6) is 1.43. The number of carbonyl (C=O) groups is 1. The highest BCUT2D eigenvalue weighted by Crippen LogP contribution is 2.44. The van der Waals surface area contributed by atoms with Gasteiger partial charge in [-0.25, -0.2) is 4.99 Å². The topological polar surface area (TPSA) is 69.6 Å². The van der Waals surface area contributed by atoms with E-state index in [1.165, 1.54) is 13.2 Å². The number of aliphatic imine (C=N–C) groups is 1. The van der Waals surface area contributed by atoms with Crippen molar-refractivity contribution in [3.63, 3.8) is 0 Å². The second kappa shape index (κ2) is 9.81. The molecule has 10 heteroatoms. The summed E-state index contributed by atoms with van der Waals surface area (Å²) in [6, 6.07) is 8.23. The summed E-state index contributed by atoms with van der Waals surface area (Å²) in [5.41, 5.74) is 2.85. The average molecular weight is 543 g/mol. The van der Waals surface area contributed by atoms with Crippen molar-refractivity contribution in [1.82, 2.24) is 4.90 Å². The van der Waals surface area contributed by atoms with Gasteiger partial charge in [-0.1, -0.05) is 12.1 Å². The smallest absolute Gasteiger partial charge is 0.416 e. The molecule has 3 aliphatic heterocycles. The summed E-state index contributed by atoms with van der Waals surface area (Å²) in [6.07, 6.45) is -1.14. The van der Waals surface area contributed by atoms with Gasteiger partial charge in [-0.2, -0.15) is 13.2 Å². The maximum absolute atomic E-state index is 14.1. The van der Waals surface area contributed by atoms with Gasteiger partial charge in [-0.3, -0.25) is 4.79 Å². The van der Waals surface area contributed by atoms with E-state index in [0.717, 1.165) is 16.8 Å². The van der Waals surface area contributed by atoms with Crippen LogP contribution >= 0.6 is 0 Å². The zero-order valence-electron chi connectivity index (χ0n) is 21.7. The van der Waals surface area contributed by atoms with Crippen molar-refractivity contribution in [2.24, 2.45) is 4.99 Å². The van der Waals surface area contributed by atoms with Crippen molar-refractivity contribution in [2.75, 3.05) is 20.3 Å². The molecule has 206 valence electrons. The molecule has 2 aromatic rings. The van der Waals surface area contributed by atoms with E-state index in [1.807, 2.05) is 23.2 Å². The first-order valence-corrected chi connectivity index (χ1v) is 13.1. The molecule has 7 nitrogen and oxygen atoms in total. The van der Waals surface area contributed by atoms with Gasteiger partial charge in [-0.05, 0) is 41.7 Å². The van der Waals surface area contributed by atoms with Crippen LogP contribution in [-0.4, -0.2) is 43.1 Å². The predicted octanol–water partition coefficient (Wildman–Crippen LogP) is 5.68. The Hall–Kier alpha value is -3.69. The van der Waals surface area contributed by atoms with Crippen LogP contribution in [0.15, 0.2) is 47.2 Å². The lowest BCUT2D eigenvalue weighted by atomic mass is 9.95. The van der Waals surface area contributed by atoms with E-state index in [2.05, 4.69) is 4.99 Å². The number of hydrogen-bond donors (Lipinski definition) is 0. The zero-order chi connectivity index (χ0) is 27.3. The molecule has 39 heavy (non-hydrogen) atoms. The van der Waals surface area contributed by atoms with Gasteiger partial charge in [0.15, 0.2) is 5.90 Å². The standard InChI is InChI=1S/C29H29F3N2O5/c1-16-33-24-14-34(10-9-26(24)38-16)13-22-20-6-8-25(21(20)5-7-23(22)29(30,31)32)39-18-3-4-19-17(11-28(35)36-2)15-37-27(19)12-18/h3-5,7,12,14,17,25-26H,6,8-11,13,15H2,1-2H3/t17?,25-,26+/m0/s1. The van der Waals surface area contributed by atoms with Crippen LogP contribution < -0.4 is 9.47 Å². The first-order valence-electron chi connectivity index (χ1n) is 13.1. The first-order chi connectivity index (χ1) is 18.7. The molecule has 4 aliphatic rings. The number of alkyl halides is 3. The van der Waals surface area contributed by atoms with Crippen LogP contribution in [0, 0.1) is 0 Å². The molecule has 1 unspecified atom stereocenters. The molecule has 0 N–H and O–H groups in total. The number of fused-ring (bicyclic) bond motifs is 3.